The van der Waals surface area contributed by atoms with Crippen LogP contribution in [0.25, 0.3) is 55.7 Å². The molecule has 0 bridgehead atoms. The molecule has 2 aromatic carbocycles. The van der Waals surface area contributed by atoms with Crippen LogP contribution in [0.15, 0.2) is 73.3 Å². The number of alkyl halides is 2. The van der Waals surface area contributed by atoms with Gasteiger partial charge in [0, 0.05) is 54.6 Å². The second kappa shape index (κ2) is 9.02. The zero-order chi connectivity index (χ0) is 26.6. The normalized spacial score (nSPS) is 15.5. The molecule has 2 N–H and O–H groups in total. The molecule has 4 aromatic heterocycles. The van der Waals surface area contributed by atoms with E-state index in [-0.39, 0.29) is 18.8 Å². The van der Waals surface area contributed by atoms with E-state index in [1.54, 1.807) is 35.8 Å². The molecule has 0 unspecified atom stereocenters. The fraction of sp³-hybridized carbons (Fsp3) is 0.172. The van der Waals surface area contributed by atoms with Crippen molar-refractivity contribution in [3.63, 3.8) is 0 Å². The molecule has 1 aliphatic rings. The van der Waals surface area contributed by atoms with Gasteiger partial charge in [0.1, 0.15) is 11.5 Å². The van der Waals surface area contributed by atoms with Crippen molar-refractivity contribution < 1.29 is 13.2 Å². The number of likely N-dealkylation sites (tertiary alicyclic amines) is 1. The standard InChI is InChI=1S/C29H22F3N7/c30-21-3-1-2-19(9-21)23-13-34-14-25-26(23)36-28(35-25)27-22-10-18(4-5-24(22)37-38-27)20-8-17(11-33-12-20)15-39-7-6-29(31,32)16-39/h1-5,8-14H,6-7,15-16H2,(H,35,36)(H,37,38). The molecule has 39 heavy (non-hydrogen) atoms. The molecule has 1 saturated heterocycles. The van der Waals surface area contributed by atoms with Crippen molar-refractivity contribution in [2.45, 2.75) is 18.9 Å². The van der Waals surface area contributed by atoms with E-state index in [2.05, 4.69) is 25.1 Å². The zero-order valence-corrected chi connectivity index (χ0v) is 20.6. The number of pyridine rings is 2. The number of fused-ring (bicyclic) bond motifs is 2. The number of hydrogen-bond donors (Lipinski definition) is 2. The van der Waals surface area contributed by atoms with E-state index in [1.165, 1.54) is 12.1 Å². The summed E-state index contributed by atoms with van der Waals surface area (Å²) in [6, 6.07) is 14.2. The van der Waals surface area contributed by atoms with E-state index in [0.29, 0.717) is 46.8 Å². The topological polar surface area (TPSA) is 86.4 Å². The Kier molecular flexibility index (Phi) is 5.44. The lowest BCUT2D eigenvalue weighted by molar-refractivity contribution is 0.0115. The molecule has 7 nitrogen and oxygen atoms in total. The average Bonchev–Trinajstić information content (AvgIpc) is 3.64. The van der Waals surface area contributed by atoms with Crippen molar-refractivity contribution in [2.75, 3.05) is 13.1 Å². The van der Waals surface area contributed by atoms with Crippen LogP contribution < -0.4 is 0 Å². The highest BCUT2D eigenvalue weighted by atomic mass is 19.3. The largest absolute Gasteiger partial charge is 0.335 e. The van der Waals surface area contributed by atoms with Crippen LogP contribution in [0, 0.1) is 5.82 Å². The van der Waals surface area contributed by atoms with E-state index in [1.807, 2.05) is 30.3 Å². The van der Waals surface area contributed by atoms with Gasteiger partial charge in [-0.05, 0) is 47.0 Å². The summed E-state index contributed by atoms with van der Waals surface area (Å²) in [5.41, 5.74) is 6.94. The lowest BCUT2D eigenvalue weighted by Crippen LogP contribution is -2.24. The predicted molar refractivity (Wildman–Crippen MR) is 142 cm³/mol. The van der Waals surface area contributed by atoms with Gasteiger partial charge in [-0.1, -0.05) is 18.2 Å². The minimum atomic E-state index is -2.63. The van der Waals surface area contributed by atoms with E-state index in [0.717, 1.165) is 27.6 Å². The highest BCUT2D eigenvalue weighted by Crippen LogP contribution is 2.33. The molecule has 0 saturated carbocycles. The summed E-state index contributed by atoms with van der Waals surface area (Å²) in [6.45, 7) is 0.571. The Bertz CT molecular complexity index is 1840. The first-order valence-electron chi connectivity index (χ1n) is 12.5. The third-order valence-corrected chi connectivity index (χ3v) is 7.10. The fourth-order valence-corrected chi connectivity index (χ4v) is 5.22. The molecule has 0 amide bonds. The quantitative estimate of drug-likeness (QED) is 0.280. The molecule has 0 spiro atoms. The van der Waals surface area contributed by atoms with Gasteiger partial charge >= 0.3 is 0 Å². The highest BCUT2D eigenvalue weighted by molar-refractivity contribution is 5.98. The predicted octanol–water partition coefficient (Wildman–Crippen LogP) is 6.21. The Morgan fingerprint density at radius 2 is 1.79 bits per heavy atom. The van der Waals surface area contributed by atoms with Crippen molar-refractivity contribution in [3.8, 4) is 33.8 Å². The molecule has 6 aromatic rings. The molecule has 1 fully saturated rings. The summed E-state index contributed by atoms with van der Waals surface area (Å²) in [4.78, 5) is 18.6. The number of aromatic nitrogens is 6. The Morgan fingerprint density at radius 1 is 0.897 bits per heavy atom. The van der Waals surface area contributed by atoms with Crippen LogP contribution in [-0.4, -0.2) is 54.0 Å². The van der Waals surface area contributed by atoms with Gasteiger partial charge in [-0.3, -0.25) is 20.0 Å². The van der Waals surface area contributed by atoms with Crippen molar-refractivity contribution in [1.82, 2.24) is 35.0 Å². The third kappa shape index (κ3) is 4.42. The maximum absolute atomic E-state index is 13.9. The Labute approximate surface area is 220 Å². The monoisotopic (exact) mass is 525 g/mol. The first kappa shape index (κ1) is 23.5. The summed E-state index contributed by atoms with van der Waals surface area (Å²) < 4.78 is 41.2. The lowest BCUT2D eigenvalue weighted by Gasteiger charge is -2.15. The van der Waals surface area contributed by atoms with Crippen LogP contribution in [0.1, 0.15) is 12.0 Å². The second-order valence-electron chi connectivity index (χ2n) is 9.91. The maximum atomic E-state index is 13.9. The molecular formula is C29H22F3N7. The SMILES string of the molecule is Fc1cccc(-c2cncc3[nH]c(-c4n[nH]c5ccc(-c6cncc(CN7CCC(F)(F)C7)c6)cc45)nc23)c1. The zero-order valence-electron chi connectivity index (χ0n) is 20.6. The van der Waals surface area contributed by atoms with Crippen molar-refractivity contribution in [2.24, 2.45) is 0 Å². The maximum Gasteiger partial charge on any atom is 0.261 e. The third-order valence-electron chi connectivity index (χ3n) is 7.10. The summed E-state index contributed by atoms with van der Waals surface area (Å²) >= 11 is 0. The van der Waals surface area contributed by atoms with Gasteiger partial charge in [0.05, 0.1) is 29.3 Å². The van der Waals surface area contributed by atoms with Crippen LogP contribution in [0.5, 0.6) is 0 Å². The summed E-state index contributed by atoms with van der Waals surface area (Å²) in [7, 11) is 0. The van der Waals surface area contributed by atoms with E-state index >= 15 is 0 Å². The number of nitrogens with zero attached hydrogens (tertiary/aromatic N) is 5. The van der Waals surface area contributed by atoms with Crippen LogP contribution in [0.4, 0.5) is 13.2 Å². The molecule has 0 aliphatic carbocycles. The second-order valence-corrected chi connectivity index (χ2v) is 9.91. The molecule has 0 radical (unpaired) electrons. The molecule has 5 heterocycles. The first-order valence-corrected chi connectivity index (χ1v) is 12.5. The fourth-order valence-electron chi connectivity index (χ4n) is 5.22. The number of halogens is 3. The molecule has 194 valence electrons. The van der Waals surface area contributed by atoms with Gasteiger partial charge in [0.2, 0.25) is 0 Å². The minimum absolute atomic E-state index is 0.109. The molecule has 1 aliphatic heterocycles. The minimum Gasteiger partial charge on any atom is -0.335 e. The van der Waals surface area contributed by atoms with Gasteiger partial charge in [-0.25, -0.2) is 18.2 Å². The molecule has 7 rings (SSSR count). The Hall–Kier alpha value is -4.57. The van der Waals surface area contributed by atoms with Crippen molar-refractivity contribution in [3.05, 3.63) is 84.7 Å². The van der Waals surface area contributed by atoms with Gasteiger partial charge < -0.3 is 4.98 Å². The van der Waals surface area contributed by atoms with E-state index in [9.17, 15) is 13.2 Å². The molecular weight excluding hydrogens is 503 g/mol. The van der Waals surface area contributed by atoms with Crippen molar-refractivity contribution >= 4 is 21.9 Å². The Balaban J connectivity index is 1.25. The smallest absolute Gasteiger partial charge is 0.261 e. The van der Waals surface area contributed by atoms with Crippen molar-refractivity contribution in [1.29, 1.82) is 0 Å². The summed E-state index contributed by atoms with van der Waals surface area (Å²) in [5.74, 6) is -2.40. The van der Waals surface area contributed by atoms with E-state index < -0.39 is 5.92 Å². The number of imidazole rings is 1. The molecule has 0 atom stereocenters. The van der Waals surface area contributed by atoms with Crippen LogP contribution in [0.3, 0.4) is 0 Å². The Morgan fingerprint density at radius 3 is 2.64 bits per heavy atom. The number of rotatable bonds is 5. The highest BCUT2D eigenvalue weighted by Gasteiger charge is 2.37. The van der Waals surface area contributed by atoms with Gasteiger partial charge in [-0.2, -0.15) is 5.10 Å². The van der Waals surface area contributed by atoms with E-state index in [4.69, 9.17) is 4.98 Å². The molecule has 10 heteroatoms. The lowest BCUT2D eigenvalue weighted by atomic mass is 10.0. The van der Waals surface area contributed by atoms with Crippen LogP contribution in [-0.2, 0) is 6.54 Å². The number of hydrogen-bond acceptors (Lipinski definition) is 5. The van der Waals surface area contributed by atoms with Crippen LogP contribution >= 0.6 is 0 Å². The number of nitrogens with one attached hydrogen (secondary N) is 2. The van der Waals surface area contributed by atoms with Gasteiger partial charge in [0.15, 0.2) is 5.82 Å². The number of aromatic amines is 2. The summed E-state index contributed by atoms with van der Waals surface area (Å²) in [6.07, 6.45) is 6.73. The average molecular weight is 526 g/mol. The van der Waals surface area contributed by atoms with Gasteiger partial charge in [0.25, 0.3) is 5.92 Å². The van der Waals surface area contributed by atoms with Crippen LogP contribution in [0.2, 0.25) is 0 Å². The summed E-state index contributed by atoms with van der Waals surface area (Å²) in [5, 5.41) is 8.44. The number of benzene rings is 2. The number of H-pyrrole nitrogens is 2. The first-order chi connectivity index (χ1) is 18.9. The van der Waals surface area contributed by atoms with Gasteiger partial charge in [-0.15, -0.1) is 0 Å².